The Hall–Kier alpha value is -1.51. The zero-order valence-corrected chi connectivity index (χ0v) is 11.3. The average molecular weight is 274 g/mol. The van der Waals surface area contributed by atoms with Gasteiger partial charge in [0, 0.05) is 29.4 Å². The molecule has 3 rings (SSSR count). The third kappa shape index (κ3) is 2.46. The van der Waals surface area contributed by atoms with Gasteiger partial charge in [0.1, 0.15) is 0 Å². The Balaban J connectivity index is 1.91. The molecule has 2 nitrogen and oxygen atoms in total. The van der Waals surface area contributed by atoms with Crippen LogP contribution in [0.15, 0.2) is 48.5 Å². The molecule has 0 radical (unpaired) electrons. The summed E-state index contributed by atoms with van der Waals surface area (Å²) in [6.45, 7) is 1.63. The minimum absolute atomic E-state index is 0.348. The minimum Gasteiger partial charge on any atom is -0.388 e. The maximum Gasteiger partial charge on any atom is 0.0826 e. The number of nitrogens with zero attached hydrogens (tertiary/aromatic N) is 1. The number of fused-ring (bicyclic) bond motifs is 1. The molecular formula is C16H16ClNO. The van der Waals surface area contributed by atoms with Crippen molar-refractivity contribution in [3.8, 4) is 0 Å². The van der Waals surface area contributed by atoms with Crippen molar-refractivity contribution in [3.05, 3.63) is 64.7 Å². The van der Waals surface area contributed by atoms with E-state index in [1.54, 1.807) is 0 Å². The zero-order chi connectivity index (χ0) is 13.2. The molecule has 0 aliphatic carbocycles. The fourth-order valence-corrected chi connectivity index (χ4v) is 2.80. The minimum atomic E-state index is -0.348. The van der Waals surface area contributed by atoms with E-state index >= 15 is 0 Å². The van der Waals surface area contributed by atoms with Gasteiger partial charge in [0.15, 0.2) is 0 Å². The number of para-hydroxylation sites is 1. The molecule has 2 aromatic rings. The van der Waals surface area contributed by atoms with Gasteiger partial charge in [-0.25, -0.2) is 0 Å². The second-order valence-electron chi connectivity index (χ2n) is 4.88. The normalized spacial score (nSPS) is 18.2. The maximum absolute atomic E-state index is 10.0. The van der Waals surface area contributed by atoms with E-state index in [4.69, 9.17) is 11.6 Å². The summed E-state index contributed by atoms with van der Waals surface area (Å²) in [5, 5.41) is 10.8. The second-order valence-corrected chi connectivity index (χ2v) is 5.28. The largest absolute Gasteiger partial charge is 0.388 e. The van der Waals surface area contributed by atoms with Gasteiger partial charge in [0.05, 0.1) is 6.10 Å². The molecule has 3 heteroatoms. The van der Waals surface area contributed by atoms with E-state index in [0.717, 1.165) is 41.3 Å². The monoisotopic (exact) mass is 273 g/mol. The van der Waals surface area contributed by atoms with Crippen molar-refractivity contribution < 1.29 is 5.11 Å². The smallest absolute Gasteiger partial charge is 0.0826 e. The average Bonchev–Trinajstić information content (AvgIpc) is 2.44. The second kappa shape index (κ2) is 5.24. The molecule has 1 N–H and O–H groups in total. The summed E-state index contributed by atoms with van der Waals surface area (Å²) in [4.78, 5) is 2.28. The maximum atomic E-state index is 10.0. The summed E-state index contributed by atoms with van der Waals surface area (Å²) in [7, 11) is 0. The van der Waals surface area contributed by atoms with Gasteiger partial charge in [-0.3, -0.25) is 0 Å². The van der Waals surface area contributed by atoms with Crippen molar-refractivity contribution in [3.63, 3.8) is 0 Å². The molecule has 1 unspecified atom stereocenters. The SMILES string of the molecule is OC1CCN(Cc2ccccc2Cl)c2ccccc21. The number of halogens is 1. The van der Waals surface area contributed by atoms with Crippen LogP contribution in [0.1, 0.15) is 23.7 Å². The highest BCUT2D eigenvalue weighted by Gasteiger charge is 2.23. The molecule has 1 aliphatic heterocycles. The lowest BCUT2D eigenvalue weighted by Gasteiger charge is -2.34. The van der Waals surface area contributed by atoms with Crippen molar-refractivity contribution in [2.45, 2.75) is 19.1 Å². The predicted octanol–water partition coefficient (Wildman–Crippen LogP) is 3.78. The van der Waals surface area contributed by atoms with Crippen LogP contribution in [0, 0.1) is 0 Å². The van der Waals surface area contributed by atoms with E-state index in [1.165, 1.54) is 0 Å². The summed E-state index contributed by atoms with van der Waals surface area (Å²) < 4.78 is 0. The Labute approximate surface area is 118 Å². The summed E-state index contributed by atoms with van der Waals surface area (Å²) in [5.74, 6) is 0. The van der Waals surface area contributed by atoms with Crippen LogP contribution < -0.4 is 4.90 Å². The van der Waals surface area contributed by atoms with E-state index in [0.29, 0.717) is 0 Å². The summed E-state index contributed by atoms with van der Waals surface area (Å²) in [6.07, 6.45) is 0.417. The molecular weight excluding hydrogens is 258 g/mol. The van der Waals surface area contributed by atoms with Crippen LogP contribution in [0.3, 0.4) is 0 Å². The first-order valence-electron chi connectivity index (χ1n) is 6.51. The number of aliphatic hydroxyl groups is 1. The molecule has 2 aromatic carbocycles. The molecule has 19 heavy (non-hydrogen) atoms. The van der Waals surface area contributed by atoms with Gasteiger partial charge < -0.3 is 10.0 Å². The van der Waals surface area contributed by atoms with Gasteiger partial charge in [0.25, 0.3) is 0 Å². The Morgan fingerprint density at radius 2 is 1.84 bits per heavy atom. The summed E-state index contributed by atoms with van der Waals surface area (Å²) >= 11 is 6.22. The van der Waals surface area contributed by atoms with Crippen LogP contribution in [-0.2, 0) is 6.54 Å². The van der Waals surface area contributed by atoms with Crippen molar-refractivity contribution in [1.29, 1.82) is 0 Å². The van der Waals surface area contributed by atoms with E-state index in [1.807, 2.05) is 36.4 Å². The lowest BCUT2D eigenvalue weighted by atomic mass is 9.98. The third-order valence-electron chi connectivity index (χ3n) is 3.63. The number of aliphatic hydroxyl groups excluding tert-OH is 1. The number of rotatable bonds is 2. The van der Waals surface area contributed by atoms with Crippen LogP contribution >= 0.6 is 11.6 Å². The number of hydrogen-bond acceptors (Lipinski definition) is 2. The van der Waals surface area contributed by atoms with Crippen LogP contribution in [0.4, 0.5) is 5.69 Å². The highest BCUT2D eigenvalue weighted by molar-refractivity contribution is 6.31. The molecule has 0 bridgehead atoms. The van der Waals surface area contributed by atoms with Crippen molar-refractivity contribution in [2.75, 3.05) is 11.4 Å². The molecule has 0 saturated heterocycles. The zero-order valence-electron chi connectivity index (χ0n) is 10.6. The highest BCUT2D eigenvalue weighted by Crippen LogP contribution is 2.34. The molecule has 1 aliphatic rings. The Morgan fingerprint density at radius 1 is 1.11 bits per heavy atom. The Kier molecular flexibility index (Phi) is 3.45. The molecule has 0 aromatic heterocycles. The van der Waals surface area contributed by atoms with Crippen molar-refractivity contribution in [2.24, 2.45) is 0 Å². The fourth-order valence-electron chi connectivity index (χ4n) is 2.61. The van der Waals surface area contributed by atoms with Gasteiger partial charge >= 0.3 is 0 Å². The van der Waals surface area contributed by atoms with Gasteiger partial charge in [0.2, 0.25) is 0 Å². The standard InChI is InChI=1S/C16H16ClNO/c17-14-7-3-1-5-12(14)11-18-10-9-16(19)13-6-2-4-8-15(13)18/h1-8,16,19H,9-11H2. The predicted molar refractivity (Wildman–Crippen MR) is 78.5 cm³/mol. The lowest BCUT2D eigenvalue weighted by molar-refractivity contribution is 0.164. The highest BCUT2D eigenvalue weighted by atomic mass is 35.5. The first-order chi connectivity index (χ1) is 9.25. The molecule has 98 valence electrons. The van der Waals surface area contributed by atoms with Crippen LogP contribution in [0.25, 0.3) is 0 Å². The quantitative estimate of drug-likeness (QED) is 0.900. The van der Waals surface area contributed by atoms with Crippen molar-refractivity contribution >= 4 is 17.3 Å². The topological polar surface area (TPSA) is 23.5 Å². The molecule has 0 amide bonds. The van der Waals surface area contributed by atoms with Gasteiger partial charge in [-0.2, -0.15) is 0 Å². The number of benzene rings is 2. The molecule has 1 atom stereocenters. The first-order valence-corrected chi connectivity index (χ1v) is 6.89. The van der Waals surface area contributed by atoms with Crippen LogP contribution in [-0.4, -0.2) is 11.7 Å². The van der Waals surface area contributed by atoms with E-state index in [-0.39, 0.29) is 6.10 Å². The van der Waals surface area contributed by atoms with Crippen molar-refractivity contribution in [1.82, 2.24) is 0 Å². The van der Waals surface area contributed by atoms with Gasteiger partial charge in [-0.15, -0.1) is 0 Å². The number of hydrogen-bond donors (Lipinski definition) is 1. The number of anilines is 1. The molecule has 1 heterocycles. The lowest BCUT2D eigenvalue weighted by Crippen LogP contribution is -2.30. The van der Waals surface area contributed by atoms with E-state index in [9.17, 15) is 5.11 Å². The van der Waals surface area contributed by atoms with Crippen LogP contribution in [0.5, 0.6) is 0 Å². The fraction of sp³-hybridized carbons (Fsp3) is 0.250. The summed E-state index contributed by atoms with van der Waals surface area (Å²) in [6, 6.07) is 16.0. The Morgan fingerprint density at radius 3 is 2.68 bits per heavy atom. The molecule has 0 saturated carbocycles. The third-order valence-corrected chi connectivity index (χ3v) is 4.00. The Bertz CT molecular complexity index is 584. The molecule has 0 spiro atoms. The van der Waals surface area contributed by atoms with E-state index in [2.05, 4.69) is 17.0 Å². The molecule has 0 fully saturated rings. The van der Waals surface area contributed by atoms with Gasteiger partial charge in [-0.1, -0.05) is 48.0 Å². The summed E-state index contributed by atoms with van der Waals surface area (Å²) in [5.41, 5.74) is 3.25. The van der Waals surface area contributed by atoms with E-state index < -0.39 is 0 Å². The van der Waals surface area contributed by atoms with Crippen LogP contribution in [0.2, 0.25) is 5.02 Å². The first kappa shape index (κ1) is 12.5. The van der Waals surface area contributed by atoms with Gasteiger partial charge in [-0.05, 0) is 24.1 Å².